The summed E-state index contributed by atoms with van der Waals surface area (Å²) in [6.07, 6.45) is 4.32. The van der Waals surface area contributed by atoms with E-state index in [9.17, 15) is 0 Å². The van der Waals surface area contributed by atoms with Crippen LogP contribution in [0.2, 0.25) is 0 Å². The van der Waals surface area contributed by atoms with Gasteiger partial charge in [0.05, 0.1) is 6.61 Å². The lowest BCUT2D eigenvalue weighted by atomic mass is 9.88. The van der Waals surface area contributed by atoms with Crippen molar-refractivity contribution in [2.24, 2.45) is 5.73 Å². The van der Waals surface area contributed by atoms with E-state index >= 15 is 0 Å². The first-order valence-corrected chi connectivity index (χ1v) is 6.32. The van der Waals surface area contributed by atoms with Gasteiger partial charge in [0.1, 0.15) is 5.75 Å². The van der Waals surface area contributed by atoms with Crippen LogP contribution in [-0.2, 0) is 6.42 Å². The maximum absolute atomic E-state index is 6.08. The van der Waals surface area contributed by atoms with Gasteiger partial charge in [0.2, 0.25) is 0 Å². The molecule has 0 amide bonds. The molecule has 2 heteroatoms. The van der Waals surface area contributed by atoms with Crippen LogP contribution in [0, 0.1) is 0 Å². The fourth-order valence-corrected chi connectivity index (χ4v) is 2.26. The van der Waals surface area contributed by atoms with Gasteiger partial charge in [-0.1, -0.05) is 11.6 Å². The Morgan fingerprint density at radius 2 is 2.35 bits per heavy atom. The van der Waals surface area contributed by atoms with Crippen molar-refractivity contribution in [2.45, 2.75) is 38.6 Å². The minimum absolute atomic E-state index is 0.211. The summed E-state index contributed by atoms with van der Waals surface area (Å²) < 4.78 is 5.72. The first-order valence-electron chi connectivity index (χ1n) is 6.32. The number of rotatable bonds is 4. The maximum atomic E-state index is 6.08. The molecule has 0 saturated carbocycles. The Morgan fingerprint density at radius 3 is 3.12 bits per heavy atom. The summed E-state index contributed by atoms with van der Waals surface area (Å²) in [5.74, 6) is 0.958. The Bertz CT molecular complexity index is 411. The van der Waals surface area contributed by atoms with E-state index in [0.29, 0.717) is 6.61 Å². The zero-order valence-corrected chi connectivity index (χ0v) is 10.5. The molecule has 2 N–H and O–H groups in total. The van der Waals surface area contributed by atoms with Crippen molar-refractivity contribution >= 4 is 0 Å². The van der Waals surface area contributed by atoms with Crippen LogP contribution in [0.25, 0.3) is 0 Å². The normalized spacial score (nSPS) is 18.6. The third-order valence-electron chi connectivity index (χ3n) is 3.27. The number of ether oxygens (including phenoxy) is 1. The SMILES string of the molecule is C=C(C)CCOc1ccc2c(c1)CCCC2N. The predicted octanol–water partition coefficient (Wildman–Crippen LogP) is 3.37. The summed E-state index contributed by atoms with van der Waals surface area (Å²) >= 11 is 0. The molecule has 0 radical (unpaired) electrons. The zero-order valence-electron chi connectivity index (χ0n) is 10.5. The predicted molar refractivity (Wildman–Crippen MR) is 71.2 cm³/mol. The molecule has 1 atom stereocenters. The van der Waals surface area contributed by atoms with E-state index in [1.165, 1.54) is 17.5 Å². The van der Waals surface area contributed by atoms with Crippen LogP contribution in [-0.4, -0.2) is 6.61 Å². The van der Waals surface area contributed by atoms with Crippen molar-refractivity contribution in [3.63, 3.8) is 0 Å². The molecule has 1 aromatic rings. The van der Waals surface area contributed by atoms with Gasteiger partial charge in [0, 0.05) is 12.5 Å². The van der Waals surface area contributed by atoms with E-state index < -0.39 is 0 Å². The summed E-state index contributed by atoms with van der Waals surface area (Å²) in [6, 6.07) is 6.51. The van der Waals surface area contributed by atoms with E-state index in [1.807, 2.05) is 13.0 Å². The monoisotopic (exact) mass is 231 g/mol. The third-order valence-corrected chi connectivity index (χ3v) is 3.27. The average molecular weight is 231 g/mol. The highest BCUT2D eigenvalue weighted by Gasteiger charge is 2.16. The van der Waals surface area contributed by atoms with Crippen molar-refractivity contribution in [2.75, 3.05) is 6.61 Å². The summed E-state index contributed by atoms with van der Waals surface area (Å²) in [5, 5.41) is 0. The van der Waals surface area contributed by atoms with Crippen LogP contribution in [0.3, 0.4) is 0 Å². The summed E-state index contributed by atoms with van der Waals surface area (Å²) in [6.45, 7) is 6.60. The van der Waals surface area contributed by atoms with E-state index in [0.717, 1.165) is 30.6 Å². The molecule has 0 saturated heterocycles. The van der Waals surface area contributed by atoms with Crippen LogP contribution >= 0.6 is 0 Å². The van der Waals surface area contributed by atoms with Gasteiger partial charge in [-0.3, -0.25) is 0 Å². The number of fused-ring (bicyclic) bond motifs is 1. The second-order valence-corrected chi connectivity index (χ2v) is 4.91. The first kappa shape index (κ1) is 12.2. The number of hydrogen-bond donors (Lipinski definition) is 1. The molecule has 1 aliphatic carbocycles. The van der Waals surface area contributed by atoms with Gasteiger partial charge in [0.15, 0.2) is 0 Å². The average Bonchev–Trinajstić information content (AvgIpc) is 2.29. The zero-order chi connectivity index (χ0) is 12.3. The molecule has 0 aromatic heterocycles. The number of benzene rings is 1. The highest BCUT2D eigenvalue weighted by atomic mass is 16.5. The molecule has 1 aromatic carbocycles. The fourth-order valence-electron chi connectivity index (χ4n) is 2.26. The number of nitrogens with two attached hydrogens (primary N) is 1. The Balaban J connectivity index is 2.03. The largest absolute Gasteiger partial charge is 0.493 e. The molecule has 1 unspecified atom stereocenters. The molecular formula is C15H21NO. The van der Waals surface area contributed by atoms with Crippen molar-refractivity contribution in [3.05, 3.63) is 41.5 Å². The third kappa shape index (κ3) is 3.10. The summed E-state index contributed by atoms with van der Waals surface area (Å²) in [7, 11) is 0. The highest BCUT2D eigenvalue weighted by molar-refractivity contribution is 5.38. The number of hydrogen-bond acceptors (Lipinski definition) is 2. The summed E-state index contributed by atoms with van der Waals surface area (Å²) in [4.78, 5) is 0. The standard InChI is InChI=1S/C15H21NO/c1-11(2)8-9-17-13-6-7-14-12(10-13)4-3-5-15(14)16/h6-7,10,15H,1,3-5,8-9,16H2,2H3. The maximum Gasteiger partial charge on any atom is 0.119 e. The topological polar surface area (TPSA) is 35.2 Å². The minimum Gasteiger partial charge on any atom is -0.493 e. The molecular weight excluding hydrogens is 210 g/mol. The molecule has 0 aliphatic heterocycles. The van der Waals surface area contributed by atoms with Gasteiger partial charge in [-0.15, -0.1) is 6.58 Å². The molecule has 0 spiro atoms. The van der Waals surface area contributed by atoms with Crippen LogP contribution < -0.4 is 10.5 Å². The quantitative estimate of drug-likeness (QED) is 0.806. The van der Waals surface area contributed by atoms with Gasteiger partial charge in [-0.25, -0.2) is 0 Å². The summed E-state index contributed by atoms with van der Waals surface area (Å²) in [5.41, 5.74) is 9.89. The Kier molecular flexibility index (Phi) is 3.85. The smallest absolute Gasteiger partial charge is 0.119 e. The van der Waals surface area contributed by atoms with E-state index in [1.54, 1.807) is 0 Å². The molecule has 0 fully saturated rings. The molecule has 92 valence electrons. The minimum atomic E-state index is 0.211. The molecule has 17 heavy (non-hydrogen) atoms. The van der Waals surface area contributed by atoms with Gasteiger partial charge in [0.25, 0.3) is 0 Å². The van der Waals surface area contributed by atoms with Gasteiger partial charge in [-0.2, -0.15) is 0 Å². The van der Waals surface area contributed by atoms with Crippen LogP contribution in [0.4, 0.5) is 0 Å². The van der Waals surface area contributed by atoms with Crippen LogP contribution in [0.15, 0.2) is 30.4 Å². The van der Waals surface area contributed by atoms with Gasteiger partial charge in [-0.05, 0) is 49.4 Å². The highest BCUT2D eigenvalue weighted by Crippen LogP contribution is 2.30. The number of aryl methyl sites for hydroxylation is 1. The van der Waals surface area contributed by atoms with E-state index in [4.69, 9.17) is 10.5 Å². The lowest BCUT2D eigenvalue weighted by Crippen LogP contribution is -2.17. The second kappa shape index (κ2) is 5.37. The van der Waals surface area contributed by atoms with Crippen molar-refractivity contribution in [1.29, 1.82) is 0 Å². The molecule has 2 rings (SSSR count). The Morgan fingerprint density at radius 1 is 1.53 bits per heavy atom. The molecule has 0 heterocycles. The lowest BCUT2D eigenvalue weighted by molar-refractivity contribution is 0.321. The Hall–Kier alpha value is -1.28. The molecule has 1 aliphatic rings. The van der Waals surface area contributed by atoms with E-state index in [2.05, 4.69) is 18.7 Å². The van der Waals surface area contributed by atoms with Crippen molar-refractivity contribution in [3.8, 4) is 5.75 Å². The molecule has 2 nitrogen and oxygen atoms in total. The van der Waals surface area contributed by atoms with Crippen LogP contribution in [0.1, 0.15) is 43.4 Å². The van der Waals surface area contributed by atoms with Crippen LogP contribution in [0.5, 0.6) is 5.75 Å². The fraction of sp³-hybridized carbons (Fsp3) is 0.467. The first-order chi connectivity index (χ1) is 8.16. The van der Waals surface area contributed by atoms with Gasteiger partial charge >= 0.3 is 0 Å². The van der Waals surface area contributed by atoms with Gasteiger partial charge < -0.3 is 10.5 Å². The van der Waals surface area contributed by atoms with Crippen molar-refractivity contribution in [1.82, 2.24) is 0 Å². The lowest BCUT2D eigenvalue weighted by Gasteiger charge is -2.22. The second-order valence-electron chi connectivity index (χ2n) is 4.91. The molecule has 0 bridgehead atoms. The Labute approximate surface area is 103 Å². The van der Waals surface area contributed by atoms with Crippen molar-refractivity contribution < 1.29 is 4.74 Å². The van der Waals surface area contributed by atoms with E-state index in [-0.39, 0.29) is 6.04 Å².